The molecule has 0 spiro atoms. The third kappa shape index (κ3) is 3.38. The monoisotopic (exact) mass is 210 g/mol. The highest BCUT2D eigenvalue weighted by Crippen LogP contribution is 2.07. The molecule has 1 rings (SSSR count). The van der Waals surface area contributed by atoms with E-state index in [0.717, 1.165) is 18.5 Å². The number of carboxylic acid groups (broad SMARTS) is 1. The van der Waals surface area contributed by atoms with Gasteiger partial charge in [0, 0.05) is 18.7 Å². The van der Waals surface area contributed by atoms with Crippen LogP contribution in [-0.4, -0.2) is 20.9 Å². The number of carboxylic acids is 1. The van der Waals surface area contributed by atoms with Gasteiger partial charge in [-0.2, -0.15) is 5.10 Å². The predicted molar refractivity (Wildman–Crippen MR) is 57.9 cm³/mol. The summed E-state index contributed by atoms with van der Waals surface area (Å²) in [6, 6.07) is 2.10. The van der Waals surface area contributed by atoms with Crippen LogP contribution in [-0.2, 0) is 24.2 Å². The SMILES string of the molecule is CCc1cc(CC)n(CCCC(=O)O)n1. The number of nitrogens with zero attached hydrogens (tertiary/aromatic N) is 2. The molecule has 0 aliphatic carbocycles. The standard InChI is InChI=1S/C11H18N2O2/c1-3-9-8-10(4-2)13(12-9)7-5-6-11(14)15/h8H,3-7H2,1-2H3,(H,14,15). The molecule has 0 saturated heterocycles. The molecule has 0 fully saturated rings. The Hall–Kier alpha value is -1.32. The van der Waals surface area contributed by atoms with E-state index in [1.807, 2.05) is 4.68 Å². The van der Waals surface area contributed by atoms with E-state index in [9.17, 15) is 4.79 Å². The number of rotatable bonds is 6. The molecule has 1 heterocycles. The first-order valence-electron chi connectivity index (χ1n) is 5.44. The largest absolute Gasteiger partial charge is 0.481 e. The number of aromatic nitrogens is 2. The number of carbonyl (C=O) groups is 1. The van der Waals surface area contributed by atoms with Crippen LogP contribution in [0.1, 0.15) is 38.1 Å². The van der Waals surface area contributed by atoms with E-state index in [-0.39, 0.29) is 6.42 Å². The molecule has 0 radical (unpaired) electrons. The fourth-order valence-electron chi connectivity index (χ4n) is 1.55. The van der Waals surface area contributed by atoms with Crippen LogP contribution in [0.5, 0.6) is 0 Å². The van der Waals surface area contributed by atoms with Crippen LogP contribution < -0.4 is 0 Å². The number of hydrogen-bond acceptors (Lipinski definition) is 2. The number of hydrogen-bond donors (Lipinski definition) is 1. The van der Waals surface area contributed by atoms with Gasteiger partial charge in [0.1, 0.15) is 0 Å². The molecule has 4 nitrogen and oxygen atoms in total. The number of aryl methyl sites for hydroxylation is 3. The maximum absolute atomic E-state index is 10.4. The summed E-state index contributed by atoms with van der Waals surface area (Å²) in [7, 11) is 0. The second-order valence-corrected chi connectivity index (χ2v) is 3.55. The minimum atomic E-state index is -0.740. The summed E-state index contributed by atoms with van der Waals surface area (Å²) < 4.78 is 1.93. The van der Waals surface area contributed by atoms with E-state index in [2.05, 4.69) is 25.0 Å². The molecule has 0 unspecified atom stereocenters. The summed E-state index contributed by atoms with van der Waals surface area (Å²) in [4.78, 5) is 10.4. The zero-order chi connectivity index (χ0) is 11.3. The number of aliphatic carboxylic acids is 1. The lowest BCUT2D eigenvalue weighted by Crippen LogP contribution is -2.06. The van der Waals surface area contributed by atoms with Crippen molar-refractivity contribution in [3.63, 3.8) is 0 Å². The molecule has 1 N–H and O–H groups in total. The lowest BCUT2D eigenvalue weighted by atomic mass is 10.2. The molecule has 1 aromatic rings. The highest BCUT2D eigenvalue weighted by Gasteiger charge is 2.05. The van der Waals surface area contributed by atoms with E-state index < -0.39 is 5.97 Å². The minimum absolute atomic E-state index is 0.213. The van der Waals surface area contributed by atoms with Crippen LogP contribution in [0.2, 0.25) is 0 Å². The second-order valence-electron chi connectivity index (χ2n) is 3.55. The lowest BCUT2D eigenvalue weighted by Gasteiger charge is -2.03. The average molecular weight is 210 g/mol. The molecule has 0 amide bonds. The maximum atomic E-state index is 10.4. The normalized spacial score (nSPS) is 10.5. The predicted octanol–water partition coefficient (Wildman–Crippen LogP) is 1.87. The Balaban J connectivity index is 2.58. The quantitative estimate of drug-likeness (QED) is 0.779. The summed E-state index contributed by atoms with van der Waals surface area (Å²) in [5.41, 5.74) is 2.28. The fourth-order valence-corrected chi connectivity index (χ4v) is 1.55. The van der Waals surface area contributed by atoms with Crippen molar-refractivity contribution in [2.24, 2.45) is 0 Å². The van der Waals surface area contributed by atoms with E-state index in [4.69, 9.17) is 5.11 Å². The molecule has 0 saturated carbocycles. The van der Waals surface area contributed by atoms with Gasteiger partial charge in [-0.3, -0.25) is 9.48 Å². The van der Waals surface area contributed by atoms with Crippen molar-refractivity contribution >= 4 is 5.97 Å². The Morgan fingerprint density at radius 1 is 1.47 bits per heavy atom. The van der Waals surface area contributed by atoms with Gasteiger partial charge in [-0.25, -0.2) is 0 Å². The van der Waals surface area contributed by atoms with Gasteiger partial charge >= 0.3 is 5.97 Å². The van der Waals surface area contributed by atoms with Crippen molar-refractivity contribution in [2.45, 2.75) is 46.1 Å². The zero-order valence-corrected chi connectivity index (χ0v) is 9.36. The van der Waals surface area contributed by atoms with E-state index >= 15 is 0 Å². The Labute approximate surface area is 89.9 Å². The molecule has 1 aromatic heterocycles. The van der Waals surface area contributed by atoms with Crippen molar-refractivity contribution in [2.75, 3.05) is 0 Å². The highest BCUT2D eigenvalue weighted by molar-refractivity contribution is 5.66. The van der Waals surface area contributed by atoms with Crippen LogP contribution >= 0.6 is 0 Å². The molecule has 0 bridgehead atoms. The van der Waals surface area contributed by atoms with Crippen molar-refractivity contribution < 1.29 is 9.90 Å². The smallest absolute Gasteiger partial charge is 0.303 e. The fraction of sp³-hybridized carbons (Fsp3) is 0.636. The molecule has 0 atom stereocenters. The van der Waals surface area contributed by atoms with Crippen molar-refractivity contribution in [1.29, 1.82) is 0 Å². The van der Waals surface area contributed by atoms with Gasteiger partial charge in [-0.05, 0) is 25.3 Å². The van der Waals surface area contributed by atoms with Crippen molar-refractivity contribution in [3.8, 4) is 0 Å². The first-order valence-corrected chi connectivity index (χ1v) is 5.44. The molecular weight excluding hydrogens is 192 g/mol. The Kier molecular flexibility index (Phi) is 4.34. The average Bonchev–Trinajstić information content (AvgIpc) is 2.60. The van der Waals surface area contributed by atoms with E-state index in [1.165, 1.54) is 5.69 Å². The van der Waals surface area contributed by atoms with Crippen LogP contribution in [0.3, 0.4) is 0 Å². The minimum Gasteiger partial charge on any atom is -0.481 e. The second kappa shape index (κ2) is 5.53. The molecule has 4 heteroatoms. The summed E-state index contributed by atoms with van der Waals surface area (Å²) in [6.07, 6.45) is 2.73. The molecule has 0 aliphatic heterocycles. The van der Waals surface area contributed by atoms with Gasteiger partial charge in [0.15, 0.2) is 0 Å². The van der Waals surface area contributed by atoms with Gasteiger partial charge in [-0.15, -0.1) is 0 Å². The molecule has 15 heavy (non-hydrogen) atoms. The van der Waals surface area contributed by atoms with Crippen LogP contribution in [0.25, 0.3) is 0 Å². The van der Waals surface area contributed by atoms with Gasteiger partial charge < -0.3 is 5.11 Å². The van der Waals surface area contributed by atoms with Crippen LogP contribution in [0.4, 0.5) is 0 Å². The van der Waals surface area contributed by atoms with E-state index in [0.29, 0.717) is 13.0 Å². The highest BCUT2D eigenvalue weighted by atomic mass is 16.4. The molecule has 0 aliphatic rings. The van der Waals surface area contributed by atoms with Gasteiger partial charge in [0.05, 0.1) is 5.69 Å². The summed E-state index contributed by atoms with van der Waals surface area (Å²) >= 11 is 0. The maximum Gasteiger partial charge on any atom is 0.303 e. The van der Waals surface area contributed by atoms with Gasteiger partial charge in [0.25, 0.3) is 0 Å². The Bertz CT molecular complexity index is 331. The van der Waals surface area contributed by atoms with E-state index in [1.54, 1.807) is 0 Å². The van der Waals surface area contributed by atoms with Crippen LogP contribution in [0.15, 0.2) is 6.07 Å². The third-order valence-electron chi connectivity index (χ3n) is 2.40. The summed E-state index contributed by atoms with van der Waals surface area (Å²) in [5, 5.41) is 13.0. The zero-order valence-electron chi connectivity index (χ0n) is 9.36. The summed E-state index contributed by atoms with van der Waals surface area (Å²) in [5.74, 6) is -0.740. The Morgan fingerprint density at radius 3 is 2.73 bits per heavy atom. The molecule has 84 valence electrons. The first kappa shape index (κ1) is 11.8. The van der Waals surface area contributed by atoms with Crippen LogP contribution in [0, 0.1) is 0 Å². The van der Waals surface area contributed by atoms with Gasteiger partial charge in [-0.1, -0.05) is 13.8 Å². The van der Waals surface area contributed by atoms with Gasteiger partial charge in [0.2, 0.25) is 0 Å². The Morgan fingerprint density at radius 2 is 2.20 bits per heavy atom. The topological polar surface area (TPSA) is 55.1 Å². The first-order chi connectivity index (χ1) is 7.17. The van der Waals surface area contributed by atoms with Crippen molar-refractivity contribution in [1.82, 2.24) is 9.78 Å². The molecular formula is C11H18N2O2. The lowest BCUT2D eigenvalue weighted by molar-refractivity contribution is -0.137. The molecule has 0 aromatic carbocycles. The summed E-state index contributed by atoms with van der Waals surface area (Å²) in [6.45, 7) is 4.86. The van der Waals surface area contributed by atoms with Crippen molar-refractivity contribution in [3.05, 3.63) is 17.5 Å². The third-order valence-corrected chi connectivity index (χ3v) is 2.40.